The Balaban J connectivity index is 1.45. The monoisotopic (exact) mass is 413 g/mol. The first kappa shape index (κ1) is 19.9. The third-order valence-corrected chi connectivity index (χ3v) is 7.70. The van der Waals surface area contributed by atoms with Crippen LogP contribution in [0.4, 0.5) is 11.4 Å². The molecule has 4 rings (SSSR count). The van der Waals surface area contributed by atoms with Crippen LogP contribution in [0.25, 0.3) is 0 Å². The third-order valence-electron chi connectivity index (χ3n) is 5.78. The van der Waals surface area contributed by atoms with E-state index in [9.17, 15) is 13.2 Å². The van der Waals surface area contributed by atoms with Crippen LogP contribution in [0.3, 0.4) is 0 Å². The van der Waals surface area contributed by atoms with Crippen molar-refractivity contribution in [2.24, 2.45) is 5.92 Å². The lowest BCUT2D eigenvalue weighted by atomic mass is 10.2. The zero-order chi connectivity index (χ0) is 20.4. The van der Waals surface area contributed by atoms with E-state index in [0.717, 1.165) is 18.8 Å². The molecule has 154 valence electrons. The SMILES string of the molecule is CC1CCN(c2ccc(NC(=O)C3CCCN3S(=O)(=O)c3ccccc3)cc2)C1. The lowest BCUT2D eigenvalue weighted by Gasteiger charge is -2.23. The van der Waals surface area contributed by atoms with Gasteiger partial charge >= 0.3 is 0 Å². The second kappa shape index (κ2) is 8.16. The van der Waals surface area contributed by atoms with Crippen molar-refractivity contribution in [3.8, 4) is 0 Å². The molecule has 2 unspecified atom stereocenters. The molecule has 2 fully saturated rings. The van der Waals surface area contributed by atoms with Crippen LogP contribution in [-0.2, 0) is 14.8 Å². The highest BCUT2D eigenvalue weighted by molar-refractivity contribution is 7.89. The van der Waals surface area contributed by atoms with E-state index in [0.29, 0.717) is 31.0 Å². The first-order valence-corrected chi connectivity index (χ1v) is 11.6. The topological polar surface area (TPSA) is 69.7 Å². The summed E-state index contributed by atoms with van der Waals surface area (Å²) in [5, 5.41) is 2.90. The van der Waals surface area contributed by atoms with E-state index in [2.05, 4.69) is 17.1 Å². The van der Waals surface area contributed by atoms with Crippen molar-refractivity contribution in [1.29, 1.82) is 0 Å². The molecule has 2 saturated heterocycles. The summed E-state index contributed by atoms with van der Waals surface area (Å²) in [5.74, 6) is 0.429. The number of carbonyl (C=O) groups excluding carboxylic acids is 1. The van der Waals surface area contributed by atoms with Crippen molar-refractivity contribution in [3.63, 3.8) is 0 Å². The predicted octanol–water partition coefficient (Wildman–Crippen LogP) is 3.32. The molecule has 2 heterocycles. The Morgan fingerprint density at radius 1 is 1.00 bits per heavy atom. The number of nitrogens with zero attached hydrogens (tertiary/aromatic N) is 2. The van der Waals surface area contributed by atoms with Crippen LogP contribution >= 0.6 is 0 Å². The number of hydrogen-bond donors (Lipinski definition) is 1. The van der Waals surface area contributed by atoms with Gasteiger partial charge in [0, 0.05) is 31.0 Å². The highest BCUT2D eigenvalue weighted by Gasteiger charge is 2.39. The predicted molar refractivity (Wildman–Crippen MR) is 114 cm³/mol. The first-order chi connectivity index (χ1) is 13.9. The number of amides is 1. The van der Waals surface area contributed by atoms with Crippen molar-refractivity contribution >= 4 is 27.3 Å². The van der Waals surface area contributed by atoms with Crippen LogP contribution in [-0.4, -0.2) is 44.3 Å². The Kier molecular flexibility index (Phi) is 5.61. The molecule has 0 saturated carbocycles. The van der Waals surface area contributed by atoms with Gasteiger partial charge in [0.15, 0.2) is 0 Å². The van der Waals surface area contributed by atoms with Crippen LogP contribution in [0.1, 0.15) is 26.2 Å². The Morgan fingerprint density at radius 3 is 2.38 bits per heavy atom. The van der Waals surface area contributed by atoms with Gasteiger partial charge in [-0.3, -0.25) is 4.79 Å². The van der Waals surface area contributed by atoms with E-state index in [-0.39, 0.29) is 10.8 Å². The van der Waals surface area contributed by atoms with E-state index in [1.807, 2.05) is 24.3 Å². The quantitative estimate of drug-likeness (QED) is 0.816. The molecular weight excluding hydrogens is 386 g/mol. The number of nitrogens with one attached hydrogen (secondary N) is 1. The van der Waals surface area contributed by atoms with Gasteiger partial charge < -0.3 is 10.2 Å². The molecule has 29 heavy (non-hydrogen) atoms. The Morgan fingerprint density at radius 2 is 1.72 bits per heavy atom. The molecule has 6 nitrogen and oxygen atoms in total. The molecule has 2 aromatic carbocycles. The number of carbonyl (C=O) groups is 1. The molecule has 0 radical (unpaired) electrons. The smallest absolute Gasteiger partial charge is 0.243 e. The molecule has 0 spiro atoms. The third kappa shape index (κ3) is 4.16. The van der Waals surface area contributed by atoms with Gasteiger partial charge in [0.1, 0.15) is 6.04 Å². The second-order valence-corrected chi connectivity index (χ2v) is 9.85. The maximum Gasteiger partial charge on any atom is 0.243 e. The van der Waals surface area contributed by atoms with Gasteiger partial charge in [-0.05, 0) is 61.6 Å². The number of anilines is 2. The standard InChI is InChI=1S/C22H27N3O3S/c1-17-13-15-24(16-17)19-11-9-18(10-12-19)23-22(26)21-8-5-14-25(21)29(27,28)20-6-3-2-4-7-20/h2-4,6-7,9-12,17,21H,5,8,13-16H2,1H3,(H,23,26). The minimum absolute atomic E-state index is 0.226. The van der Waals surface area contributed by atoms with Gasteiger partial charge in [0.2, 0.25) is 15.9 Å². The number of rotatable bonds is 5. The summed E-state index contributed by atoms with van der Waals surface area (Å²) in [6.45, 7) is 4.73. The fourth-order valence-corrected chi connectivity index (χ4v) is 5.85. The summed E-state index contributed by atoms with van der Waals surface area (Å²) in [5.41, 5.74) is 1.84. The van der Waals surface area contributed by atoms with E-state index < -0.39 is 16.1 Å². The number of sulfonamides is 1. The van der Waals surface area contributed by atoms with Crippen molar-refractivity contribution in [2.75, 3.05) is 29.9 Å². The van der Waals surface area contributed by atoms with Crippen LogP contribution in [0, 0.1) is 5.92 Å². The maximum atomic E-state index is 13.0. The normalized spacial score (nSPS) is 22.7. The van der Waals surface area contributed by atoms with Crippen LogP contribution in [0.15, 0.2) is 59.5 Å². The van der Waals surface area contributed by atoms with Crippen LogP contribution in [0.5, 0.6) is 0 Å². The van der Waals surface area contributed by atoms with Gasteiger partial charge in [0.05, 0.1) is 4.90 Å². The molecule has 0 bridgehead atoms. The second-order valence-electron chi connectivity index (χ2n) is 7.96. The average Bonchev–Trinajstić information content (AvgIpc) is 3.39. The largest absolute Gasteiger partial charge is 0.371 e. The molecule has 2 aliphatic heterocycles. The van der Waals surface area contributed by atoms with Crippen molar-refractivity contribution < 1.29 is 13.2 Å². The van der Waals surface area contributed by atoms with Gasteiger partial charge in [-0.15, -0.1) is 0 Å². The van der Waals surface area contributed by atoms with Crippen molar-refractivity contribution in [3.05, 3.63) is 54.6 Å². The Labute approximate surface area is 172 Å². The molecule has 0 aliphatic carbocycles. The van der Waals surface area contributed by atoms with E-state index in [1.54, 1.807) is 30.3 Å². The van der Waals surface area contributed by atoms with E-state index in [4.69, 9.17) is 0 Å². The number of hydrogen-bond acceptors (Lipinski definition) is 4. The Bertz CT molecular complexity index is 961. The molecule has 2 aliphatic rings. The maximum absolute atomic E-state index is 13.0. The van der Waals surface area contributed by atoms with Crippen molar-refractivity contribution in [2.45, 2.75) is 37.1 Å². The molecule has 0 aromatic heterocycles. The molecular formula is C22H27N3O3S. The fraction of sp³-hybridized carbons (Fsp3) is 0.409. The highest BCUT2D eigenvalue weighted by Crippen LogP contribution is 2.28. The minimum atomic E-state index is -3.68. The summed E-state index contributed by atoms with van der Waals surface area (Å²) in [4.78, 5) is 15.4. The van der Waals surface area contributed by atoms with Crippen LogP contribution in [0.2, 0.25) is 0 Å². The van der Waals surface area contributed by atoms with E-state index >= 15 is 0 Å². The molecule has 7 heteroatoms. The van der Waals surface area contributed by atoms with Gasteiger partial charge in [0.25, 0.3) is 0 Å². The molecule has 1 N–H and O–H groups in total. The summed E-state index contributed by atoms with van der Waals surface area (Å²) in [6.07, 6.45) is 2.41. The average molecular weight is 414 g/mol. The minimum Gasteiger partial charge on any atom is -0.371 e. The summed E-state index contributed by atoms with van der Waals surface area (Å²) >= 11 is 0. The summed E-state index contributed by atoms with van der Waals surface area (Å²) in [6, 6.07) is 15.4. The Hall–Kier alpha value is -2.38. The van der Waals surface area contributed by atoms with Gasteiger partial charge in [-0.1, -0.05) is 25.1 Å². The lowest BCUT2D eigenvalue weighted by molar-refractivity contribution is -0.119. The first-order valence-electron chi connectivity index (χ1n) is 10.2. The molecule has 1 amide bonds. The number of benzene rings is 2. The van der Waals surface area contributed by atoms with Gasteiger partial charge in [-0.2, -0.15) is 4.31 Å². The van der Waals surface area contributed by atoms with Crippen molar-refractivity contribution in [1.82, 2.24) is 4.31 Å². The van der Waals surface area contributed by atoms with Crippen LogP contribution < -0.4 is 10.2 Å². The lowest BCUT2D eigenvalue weighted by Crippen LogP contribution is -2.43. The van der Waals surface area contributed by atoms with E-state index in [1.165, 1.54) is 10.7 Å². The van der Waals surface area contributed by atoms with Gasteiger partial charge in [-0.25, -0.2) is 8.42 Å². The zero-order valence-corrected chi connectivity index (χ0v) is 17.4. The summed E-state index contributed by atoms with van der Waals surface area (Å²) in [7, 11) is -3.68. The zero-order valence-electron chi connectivity index (χ0n) is 16.6. The molecule has 2 atom stereocenters. The fourth-order valence-electron chi connectivity index (χ4n) is 4.17. The summed E-state index contributed by atoms with van der Waals surface area (Å²) < 4.78 is 27.3. The molecule has 2 aromatic rings. The highest BCUT2D eigenvalue weighted by atomic mass is 32.2.